The lowest BCUT2D eigenvalue weighted by atomic mass is 9.89. The fraction of sp³-hybridized carbons (Fsp3) is 0.394. The maximum Gasteiger partial charge on any atom is 0.257 e. The Kier molecular flexibility index (Phi) is 3.75. The lowest BCUT2D eigenvalue weighted by Crippen LogP contribution is -2.44. The zero-order valence-electron chi connectivity index (χ0n) is 41.3. The fourth-order valence-corrected chi connectivity index (χ4v) is 4.48. The first kappa shape index (κ1) is 12.7. The predicted molar refractivity (Wildman–Crippen MR) is 157 cm³/mol. The molecule has 1 amide bonds. The van der Waals surface area contributed by atoms with Crippen molar-refractivity contribution in [2.75, 3.05) is 51.0 Å². The maximum atomic E-state index is 14.3. The number of hydrogen-bond donors (Lipinski definition) is 1. The fourth-order valence-electron chi connectivity index (χ4n) is 4.48. The molecule has 3 heterocycles. The lowest BCUT2D eigenvalue weighted by Gasteiger charge is -2.34. The molecule has 0 saturated carbocycles. The molecule has 0 spiro atoms. The summed E-state index contributed by atoms with van der Waals surface area (Å²) in [4.78, 5) is 17.8. The average Bonchev–Trinajstić information content (AvgIpc) is 3.48. The summed E-state index contributed by atoms with van der Waals surface area (Å²) in [5, 5.41) is 2.49. The minimum absolute atomic E-state index is 0.0627. The van der Waals surface area contributed by atoms with E-state index in [1.807, 2.05) is 0 Å². The Labute approximate surface area is 268 Å². The van der Waals surface area contributed by atoms with Crippen LogP contribution in [0.1, 0.15) is 78.4 Å². The quantitative estimate of drug-likeness (QED) is 0.449. The molecular weight excluding hydrogens is 522 g/mol. The number of nitrogens with zero attached hydrogens (tertiary/aromatic N) is 3. The van der Waals surface area contributed by atoms with E-state index in [9.17, 15) is 14.9 Å². The van der Waals surface area contributed by atoms with E-state index in [-0.39, 0.29) is 28.4 Å². The highest BCUT2D eigenvalue weighted by Crippen LogP contribution is 2.28. The molecule has 3 aliphatic rings. The van der Waals surface area contributed by atoms with Crippen LogP contribution in [0.2, 0.25) is 0 Å². The maximum absolute atomic E-state index is 14.3. The second-order valence-corrected chi connectivity index (χ2v) is 9.32. The molecule has 0 bridgehead atoms. The third-order valence-corrected chi connectivity index (χ3v) is 6.44. The summed E-state index contributed by atoms with van der Waals surface area (Å²) in [6.07, 6.45) is -4.21. The SMILES string of the molecule is [2H]c1cc(C(=O)NC2=NCc3ccc(C([2H])([2H])c4cc(F)c([2H])c(F)c4)cc32)c(CC2CC([2H])([2H])OC([2H])([2H])C2)c([2H])c1N1C([2H])([2H])C([2H])([2H])N(C([2H])([2H])[2H])C([2H])([2H])C1([2H])[2H]. The van der Waals surface area contributed by atoms with Crippen LogP contribution in [0.3, 0.4) is 0 Å². The number of anilines is 1. The molecule has 3 aromatic rings. The van der Waals surface area contributed by atoms with Crippen molar-refractivity contribution in [1.82, 2.24) is 10.2 Å². The van der Waals surface area contributed by atoms with Crippen LogP contribution in [0.25, 0.3) is 0 Å². The van der Waals surface area contributed by atoms with Crippen molar-refractivity contribution < 1.29 is 45.7 Å². The van der Waals surface area contributed by atoms with Crippen LogP contribution in [-0.4, -0.2) is 62.7 Å². The number of amides is 1. The molecule has 8 heteroatoms. The smallest absolute Gasteiger partial charge is 0.257 e. The molecule has 6 rings (SSSR count). The first-order valence-corrected chi connectivity index (χ1v) is 12.5. The van der Waals surface area contributed by atoms with Gasteiger partial charge in [0.05, 0.1) is 21.6 Å². The van der Waals surface area contributed by atoms with Gasteiger partial charge in [-0.25, -0.2) is 8.78 Å². The molecule has 214 valence electrons. The Hall–Kier alpha value is -3.62. The number of hydrogen-bond acceptors (Lipinski definition) is 5. The number of piperazine rings is 1. The van der Waals surface area contributed by atoms with E-state index in [0.717, 1.165) is 6.07 Å². The van der Waals surface area contributed by atoms with Gasteiger partial charge in [-0.2, -0.15) is 0 Å². The van der Waals surface area contributed by atoms with Gasteiger partial charge in [-0.1, -0.05) is 12.1 Å². The van der Waals surface area contributed by atoms with Crippen LogP contribution >= 0.6 is 0 Å². The topological polar surface area (TPSA) is 57.2 Å². The Morgan fingerprint density at radius 2 is 1.90 bits per heavy atom. The largest absolute Gasteiger partial charge is 0.381 e. The number of halogens is 2. The van der Waals surface area contributed by atoms with E-state index in [1.54, 1.807) is 0 Å². The van der Waals surface area contributed by atoms with Crippen LogP contribution in [-0.2, 0) is 24.1 Å². The first-order valence-electron chi connectivity index (χ1n) is 22.5. The second-order valence-electron chi connectivity index (χ2n) is 9.32. The highest BCUT2D eigenvalue weighted by Gasteiger charge is 2.24. The van der Waals surface area contributed by atoms with Crippen LogP contribution in [0.4, 0.5) is 14.5 Å². The number of benzene rings is 3. The van der Waals surface area contributed by atoms with Gasteiger partial charge in [-0.05, 0) is 97.1 Å². The molecule has 41 heavy (non-hydrogen) atoms. The lowest BCUT2D eigenvalue weighted by molar-refractivity contribution is 0.0664. The number of fused-ring (bicyclic) bond motifs is 1. The van der Waals surface area contributed by atoms with E-state index < -0.39 is 141 Å². The number of rotatable bonds is 6. The van der Waals surface area contributed by atoms with E-state index in [4.69, 9.17) is 30.8 Å². The molecule has 0 atom stereocenters. The van der Waals surface area contributed by atoms with Gasteiger partial charge in [-0.3, -0.25) is 9.79 Å². The number of nitrogens with one attached hydrogen (secondary N) is 1. The van der Waals surface area contributed by atoms with Crippen molar-refractivity contribution in [1.29, 1.82) is 0 Å². The molecule has 1 N–H and O–H groups in total. The summed E-state index contributed by atoms with van der Waals surface area (Å²) in [6, 6.07) is 2.91. The summed E-state index contributed by atoms with van der Waals surface area (Å²) in [7, 11) is 0. The molecular formula is C33H36F2N4O2. The summed E-state index contributed by atoms with van der Waals surface area (Å²) in [6.45, 7) is -24.5. The van der Waals surface area contributed by atoms with E-state index in [1.165, 1.54) is 18.2 Å². The minimum Gasteiger partial charge on any atom is -0.381 e. The molecule has 2 saturated heterocycles. The first-order chi connectivity index (χ1) is 27.6. The Balaban J connectivity index is 1.47. The molecule has 3 aromatic carbocycles. The Bertz CT molecular complexity index is 2270. The van der Waals surface area contributed by atoms with Gasteiger partial charge in [0.1, 0.15) is 17.5 Å². The average molecular weight is 579 g/mol. The van der Waals surface area contributed by atoms with Gasteiger partial charge in [0, 0.05) is 74.3 Å². The van der Waals surface area contributed by atoms with E-state index >= 15 is 0 Å². The number of carbonyl (C=O) groups excluding carboxylic acids is 1. The van der Waals surface area contributed by atoms with Gasteiger partial charge >= 0.3 is 0 Å². The third kappa shape index (κ3) is 6.49. The summed E-state index contributed by atoms with van der Waals surface area (Å²) >= 11 is 0. The van der Waals surface area contributed by atoms with Gasteiger partial charge in [0.15, 0.2) is 0 Å². The zero-order chi connectivity index (χ0) is 46.0. The number of ether oxygens (including phenoxy) is 1. The van der Waals surface area contributed by atoms with Crippen molar-refractivity contribution in [2.24, 2.45) is 10.9 Å². The third-order valence-electron chi connectivity index (χ3n) is 6.44. The monoisotopic (exact) mass is 578 g/mol. The summed E-state index contributed by atoms with van der Waals surface area (Å²) in [5.74, 6) is -5.06. The molecule has 0 radical (unpaired) electrons. The summed E-state index contributed by atoms with van der Waals surface area (Å²) in [5.41, 5.74) is -2.22. The van der Waals surface area contributed by atoms with Crippen molar-refractivity contribution in [2.45, 2.75) is 32.2 Å². The summed E-state index contributed by atoms with van der Waals surface area (Å²) < 4.78 is 202. The van der Waals surface area contributed by atoms with Gasteiger partial charge in [0.2, 0.25) is 0 Å². The van der Waals surface area contributed by atoms with Crippen molar-refractivity contribution in [3.63, 3.8) is 0 Å². The molecule has 3 aliphatic heterocycles. The van der Waals surface area contributed by atoms with Crippen molar-refractivity contribution in [3.05, 3.63) is 99.5 Å². The van der Waals surface area contributed by atoms with Crippen LogP contribution in [0.15, 0.2) is 59.5 Å². The highest BCUT2D eigenvalue weighted by atomic mass is 19.1. The van der Waals surface area contributed by atoms with Crippen LogP contribution < -0.4 is 10.2 Å². The Morgan fingerprint density at radius 3 is 2.66 bits per heavy atom. The number of carbonyl (C=O) groups is 1. The Morgan fingerprint density at radius 1 is 1.12 bits per heavy atom. The van der Waals surface area contributed by atoms with Crippen LogP contribution in [0, 0.1) is 17.6 Å². The molecule has 0 unspecified atom stereocenters. The van der Waals surface area contributed by atoms with Gasteiger partial charge in [-0.15, -0.1) is 0 Å². The number of likely N-dealkylation sites (N-methyl/N-ethyl adjacent to an activating group) is 1. The zero-order valence-corrected chi connectivity index (χ0v) is 21.3. The second kappa shape index (κ2) is 12.1. The molecule has 2 fully saturated rings. The van der Waals surface area contributed by atoms with Gasteiger partial charge in [0.25, 0.3) is 5.91 Å². The van der Waals surface area contributed by atoms with Gasteiger partial charge < -0.3 is 19.9 Å². The van der Waals surface area contributed by atoms with E-state index in [2.05, 4.69) is 10.3 Å². The highest BCUT2D eigenvalue weighted by molar-refractivity contribution is 6.14. The normalized spacial score (nSPS) is 33.0. The van der Waals surface area contributed by atoms with E-state index in [0.29, 0.717) is 17.7 Å². The number of aliphatic imine (C=N–C) groups is 1. The van der Waals surface area contributed by atoms with Crippen molar-refractivity contribution in [3.8, 4) is 0 Å². The van der Waals surface area contributed by atoms with Crippen LogP contribution in [0.5, 0.6) is 0 Å². The predicted octanol–water partition coefficient (Wildman–Crippen LogP) is 4.97. The number of amidine groups is 1. The minimum atomic E-state index is -3.90. The molecule has 0 aromatic heterocycles. The molecule has 0 aliphatic carbocycles. The molecule has 6 nitrogen and oxygen atoms in total. The standard InChI is InChI=1S/C33H36F2N4O2/c1-38-8-10-39(11-9-38)29-4-5-30(26(19-29)15-22-6-12-41-13-7-22)33(40)37-32-31-18-23(2-3-25(31)21-36-32)14-24-16-27(34)20-28(35)17-24/h2-5,16-20,22H,6-15,21H2,1H3,(H,36,37,40)/i1D3,4D,8D2,9D2,10D2,11D2,12D2,13D2,14D2,19D,20D. The van der Waals surface area contributed by atoms with Crippen molar-refractivity contribution >= 4 is 17.4 Å².